The molecule has 0 saturated carbocycles. The van der Waals surface area contributed by atoms with E-state index in [9.17, 15) is 4.79 Å². The molecule has 6 nitrogen and oxygen atoms in total. The first-order valence-electron chi connectivity index (χ1n) is 9.21. The number of carbonyl (C=O) groups is 1. The van der Waals surface area contributed by atoms with Crippen molar-refractivity contribution in [1.29, 1.82) is 0 Å². The van der Waals surface area contributed by atoms with E-state index in [1.165, 1.54) is 0 Å². The molecule has 5 rings (SSSR count). The van der Waals surface area contributed by atoms with Crippen LogP contribution in [0.5, 0.6) is 0 Å². The summed E-state index contributed by atoms with van der Waals surface area (Å²) < 4.78 is 1.83. The maximum absolute atomic E-state index is 11.3. The Balaban J connectivity index is 1.69. The van der Waals surface area contributed by atoms with Crippen molar-refractivity contribution >= 4 is 27.7 Å². The molecule has 2 aromatic carbocycles. The summed E-state index contributed by atoms with van der Waals surface area (Å²) in [5.74, 6) is -0.552. The van der Waals surface area contributed by atoms with E-state index < -0.39 is 5.91 Å². The van der Waals surface area contributed by atoms with Gasteiger partial charge in [0.05, 0.1) is 28.6 Å². The number of para-hydroxylation sites is 1. The lowest BCUT2D eigenvalue weighted by Gasteiger charge is -2.07. The molecule has 0 aliphatic heterocycles. The van der Waals surface area contributed by atoms with Gasteiger partial charge in [0, 0.05) is 22.5 Å². The van der Waals surface area contributed by atoms with Crippen LogP contribution in [-0.4, -0.2) is 25.7 Å². The van der Waals surface area contributed by atoms with Crippen molar-refractivity contribution in [2.45, 2.75) is 6.92 Å². The van der Waals surface area contributed by atoms with Gasteiger partial charge in [0.25, 0.3) is 5.91 Å². The van der Waals surface area contributed by atoms with Crippen LogP contribution >= 0.6 is 0 Å². The van der Waals surface area contributed by atoms with E-state index in [1.54, 1.807) is 18.3 Å². The number of nitrogens with two attached hydrogens (primary N) is 1. The fraction of sp³-hybridized carbons (Fsp3) is 0.0435. The number of hydrogen-bond acceptors (Lipinski definition) is 4. The molecule has 0 aliphatic rings. The third kappa shape index (κ3) is 2.82. The third-order valence-corrected chi connectivity index (χ3v) is 5.03. The highest BCUT2D eigenvalue weighted by molar-refractivity contribution is 5.99. The molecule has 3 heterocycles. The molecule has 6 heteroatoms. The molecule has 0 aliphatic carbocycles. The summed E-state index contributed by atoms with van der Waals surface area (Å²) in [6.45, 7) is 1.99. The van der Waals surface area contributed by atoms with Gasteiger partial charge in [-0.05, 0) is 42.8 Å². The van der Waals surface area contributed by atoms with E-state index in [4.69, 9.17) is 10.8 Å². The van der Waals surface area contributed by atoms with Gasteiger partial charge in [-0.25, -0.2) is 9.67 Å². The highest BCUT2D eigenvalue weighted by Gasteiger charge is 2.15. The van der Waals surface area contributed by atoms with Gasteiger partial charge in [-0.2, -0.15) is 5.10 Å². The van der Waals surface area contributed by atoms with Crippen molar-refractivity contribution in [1.82, 2.24) is 19.7 Å². The summed E-state index contributed by atoms with van der Waals surface area (Å²) in [5, 5.41) is 6.88. The first kappa shape index (κ1) is 17.1. The lowest BCUT2D eigenvalue weighted by atomic mass is 10.0. The molecule has 0 bridgehead atoms. The Kier molecular flexibility index (Phi) is 3.84. The van der Waals surface area contributed by atoms with Crippen LogP contribution in [0, 0.1) is 6.92 Å². The molecule has 1 amide bonds. The number of carbonyl (C=O) groups excluding carboxylic acids is 1. The van der Waals surface area contributed by atoms with Gasteiger partial charge in [0.15, 0.2) is 0 Å². The molecule has 0 spiro atoms. The van der Waals surface area contributed by atoms with Crippen LogP contribution < -0.4 is 5.73 Å². The van der Waals surface area contributed by atoms with E-state index in [1.807, 2.05) is 48.1 Å². The minimum atomic E-state index is -0.552. The molecule has 140 valence electrons. The van der Waals surface area contributed by atoms with Gasteiger partial charge < -0.3 is 5.73 Å². The number of aromatic nitrogens is 4. The molecule has 0 fully saturated rings. The molecular formula is C23H17N5O. The lowest BCUT2D eigenvalue weighted by Crippen LogP contribution is -2.13. The summed E-state index contributed by atoms with van der Waals surface area (Å²) in [7, 11) is 0. The van der Waals surface area contributed by atoms with Gasteiger partial charge in [-0.1, -0.05) is 30.3 Å². The average Bonchev–Trinajstić information content (AvgIpc) is 3.10. The van der Waals surface area contributed by atoms with Crippen LogP contribution in [0.3, 0.4) is 0 Å². The predicted molar refractivity (Wildman–Crippen MR) is 113 cm³/mol. The average molecular weight is 379 g/mol. The Hall–Kier alpha value is -4.06. The van der Waals surface area contributed by atoms with Gasteiger partial charge in [0.1, 0.15) is 5.69 Å². The van der Waals surface area contributed by atoms with E-state index in [2.05, 4.69) is 28.2 Å². The SMILES string of the molecule is Cc1nn(-c2ccc(C(N)=O)nc2)c2cccc(-c3cnc4ccccc4c3)c12. The van der Waals surface area contributed by atoms with Crippen LogP contribution in [0.2, 0.25) is 0 Å². The molecule has 29 heavy (non-hydrogen) atoms. The number of fused-ring (bicyclic) bond motifs is 2. The molecule has 0 saturated heterocycles. The van der Waals surface area contributed by atoms with Crippen molar-refractivity contribution in [3.8, 4) is 16.8 Å². The zero-order valence-electron chi connectivity index (χ0n) is 15.7. The zero-order chi connectivity index (χ0) is 20.0. The minimum absolute atomic E-state index is 0.227. The molecule has 0 atom stereocenters. The van der Waals surface area contributed by atoms with Crippen molar-refractivity contribution in [3.63, 3.8) is 0 Å². The normalized spacial score (nSPS) is 11.2. The standard InChI is InChI=1S/C23H17N5O/c1-14-22-18(16-11-15-5-2-3-7-19(15)25-12-16)6-4-8-21(22)28(27-14)17-9-10-20(23(24)29)26-13-17/h2-13H,1H3,(H2,24,29). The molecule has 3 aromatic heterocycles. The number of amides is 1. The molecule has 0 unspecified atom stereocenters. The van der Waals surface area contributed by atoms with Crippen LogP contribution in [0.4, 0.5) is 0 Å². The first-order valence-corrected chi connectivity index (χ1v) is 9.21. The molecule has 5 aromatic rings. The van der Waals surface area contributed by atoms with E-state index >= 15 is 0 Å². The fourth-order valence-corrected chi connectivity index (χ4v) is 3.66. The van der Waals surface area contributed by atoms with Crippen LogP contribution in [0.15, 0.2) is 73.1 Å². The molecule has 2 N–H and O–H groups in total. The summed E-state index contributed by atoms with van der Waals surface area (Å²) in [4.78, 5) is 20.0. The number of benzene rings is 2. The molecule has 0 radical (unpaired) electrons. The van der Waals surface area contributed by atoms with Gasteiger partial charge in [-0.15, -0.1) is 0 Å². The van der Waals surface area contributed by atoms with Gasteiger partial charge in [-0.3, -0.25) is 9.78 Å². The minimum Gasteiger partial charge on any atom is -0.364 e. The third-order valence-electron chi connectivity index (χ3n) is 5.03. The smallest absolute Gasteiger partial charge is 0.267 e. The first-order chi connectivity index (χ1) is 14.1. The van der Waals surface area contributed by atoms with E-state index in [0.717, 1.165) is 44.3 Å². The number of aryl methyl sites for hydroxylation is 1. The molecular weight excluding hydrogens is 362 g/mol. The monoisotopic (exact) mass is 379 g/mol. The van der Waals surface area contributed by atoms with E-state index in [-0.39, 0.29) is 5.69 Å². The summed E-state index contributed by atoms with van der Waals surface area (Å²) >= 11 is 0. The summed E-state index contributed by atoms with van der Waals surface area (Å²) in [6, 6.07) is 19.7. The second-order valence-electron chi connectivity index (χ2n) is 6.88. The van der Waals surface area contributed by atoms with Crippen molar-refractivity contribution in [3.05, 3.63) is 84.4 Å². The van der Waals surface area contributed by atoms with Crippen molar-refractivity contribution < 1.29 is 4.79 Å². The number of hydrogen-bond donors (Lipinski definition) is 1. The van der Waals surface area contributed by atoms with Crippen LogP contribution in [0.25, 0.3) is 38.6 Å². The van der Waals surface area contributed by atoms with Gasteiger partial charge in [0.2, 0.25) is 0 Å². The highest BCUT2D eigenvalue weighted by Crippen LogP contribution is 2.33. The Morgan fingerprint density at radius 2 is 1.83 bits per heavy atom. The maximum Gasteiger partial charge on any atom is 0.267 e. The Morgan fingerprint density at radius 1 is 0.966 bits per heavy atom. The van der Waals surface area contributed by atoms with Crippen LogP contribution in [0.1, 0.15) is 16.2 Å². The quantitative estimate of drug-likeness (QED) is 0.512. The highest BCUT2D eigenvalue weighted by atomic mass is 16.1. The fourth-order valence-electron chi connectivity index (χ4n) is 3.66. The Morgan fingerprint density at radius 3 is 2.62 bits per heavy atom. The largest absolute Gasteiger partial charge is 0.364 e. The Bertz CT molecular complexity index is 1390. The van der Waals surface area contributed by atoms with Crippen molar-refractivity contribution in [2.24, 2.45) is 5.73 Å². The summed E-state index contributed by atoms with van der Waals surface area (Å²) in [5.41, 5.74) is 11.2. The zero-order valence-corrected chi connectivity index (χ0v) is 15.7. The van der Waals surface area contributed by atoms with E-state index in [0.29, 0.717) is 0 Å². The Labute approximate surface area is 166 Å². The lowest BCUT2D eigenvalue weighted by molar-refractivity contribution is 0.0995. The number of primary amides is 1. The van der Waals surface area contributed by atoms with Crippen molar-refractivity contribution in [2.75, 3.05) is 0 Å². The van der Waals surface area contributed by atoms with Gasteiger partial charge >= 0.3 is 0 Å². The van der Waals surface area contributed by atoms with Crippen LogP contribution in [-0.2, 0) is 0 Å². The maximum atomic E-state index is 11.3. The number of nitrogens with zero attached hydrogens (tertiary/aromatic N) is 4. The number of rotatable bonds is 3. The number of pyridine rings is 2. The summed E-state index contributed by atoms with van der Waals surface area (Å²) in [6.07, 6.45) is 3.51. The second-order valence-corrected chi connectivity index (χ2v) is 6.88. The second kappa shape index (κ2) is 6.53. The topological polar surface area (TPSA) is 86.7 Å². The predicted octanol–water partition coefficient (Wildman–Crippen LogP) is 4.04.